The van der Waals surface area contributed by atoms with Crippen molar-refractivity contribution >= 4 is 10.1 Å². The van der Waals surface area contributed by atoms with Gasteiger partial charge in [-0.3, -0.25) is 4.55 Å². The Kier molecular flexibility index (Phi) is 4.37. The first-order valence-corrected chi connectivity index (χ1v) is 5.18. The molecule has 0 rings (SSSR count). The molecule has 0 atom stereocenters. The molecule has 3 nitrogen and oxygen atoms in total. The van der Waals surface area contributed by atoms with Crippen molar-refractivity contribution in [2.45, 2.75) is 26.2 Å². The second-order valence-corrected chi connectivity index (χ2v) is 4.03. The molecular weight excluding hydrogens is 164 g/mol. The van der Waals surface area contributed by atoms with E-state index in [2.05, 4.69) is 6.58 Å². The summed E-state index contributed by atoms with van der Waals surface area (Å²) in [5.74, 6) is -0.299. The fourth-order valence-corrected chi connectivity index (χ4v) is 1.42. The number of unbranched alkanes of at least 4 members (excludes halogenated alkanes) is 1. The van der Waals surface area contributed by atoms with E-state index < -0.39 is 10.1 Å². The third kappa shape index (κ3) is 7.55. The maximum Gasteiger partial charge on any atom is 0.268 e. The minimum Gasteiger partial charge on any atom is -0.285 e. The van der Waals surface area contributed by atoms with Crippen molar-refractivity contribution in [3.63, 3.8) is 0 Å². The third-order valence-electron chi connectivity index (χ3n) is 1.27. The van der Waals surface area contributed by atoms with E-state index in [1.165, 1.54) is 0 Å². The van der Waals surface area contributed by atoms with Crippen molar-refractivity contribution in [3.8, 4) is 0 Å². The highest BCUT2D eigenvalue weighted by atomic mass is 32.2. The predicted octanol–water partition coefficient (Wildman–Crippen LogP) is 1.62. The molecule has 0 heterocycles. The van der Waals surface area contributed by atoms with Crippen molar-refractivity contribution in [2.75, 3.05) is 5.75 Å². The lowest BCUT2D eigenvalue weighted by atomic mass is 10.1. The zero-order valence-electron chi connectivity index (χ0n) is 6.71. The zero-order valence-corrected chi connectivity index (χ0v) is 7.52. The third-order valence-corrected chi connectivity index (χ3v) is 2.04. The van der Waals surface area contributed by atoms with Crippen molar-refractivity contribution in [1.82, 2.24) is 0 Å². The average molecular weight is 178 g/mol. The van der Waals surface area contributed by atoms with Gasteiger partial charge in [-0.15, -0.1) is 0 Å². The largest absolute Gasteiger partial charge is 0.285 e. The van der Waals surface area contributed by atoms with Gasteiger partial charge in [-0.2, -0.15) is 8.42 Å². The van der Waals surface area contributed by atoms with Gasteiger partial charge < -0.3 is 0 Å². The van der Waals surface area contributed by atoms with Crippen LogP contribution >= 0.6 is 0 Å². The Balaban J connectivity index is 3.71. The summed E-state index contributed by atoms with van der Waals surface area (Å²) in [5.41, 5.74) is 0.578. The molecule has 0 unspecified atom stereocenters. The minimum absolute atomic E-state index is 0.299. The standard InChI is InChI=1S/C7H14O3S/c1-3-4-5-7(2)6-11(8,9)10/h2-6H2,1H3,(H,8,9,10). The molecule has 0 radical (unpaired) electrons. The van der Waals surface area contributed by atoms with Gasteiger partial charge in [0.25, 0.3) is 10.1 Å². The van der Waals surface area contributed by atoms with Crippen LogP contribution in [-0.2, 0) is 10.1 Å². The topological polar surface area (TPSA) is 54.4 Å². The molecule has 0 fully saturated rings. The van der Waals surface area contributed by atoms with Crippen LogP contribution in [0.3, 0.4) is 0 Å². The summed E-state index contributed by atoms with van der Waals surface area (Å²) in [6, 6.07) is 0. The van der Waals surface area contributed by atoms with E-state index in [1.54, 1.807) is 0 Å². The van der Waals surface area contributed by atoms with Gasteiger partial charge in [-0.25, -0.2) is 0 Å². The van der Waals surface area contributed by atoms with Gasteiger partial charge in [0.05, 0.1) is 5.75 Å². The lowest BCUT2D eigenvalue weighted by molar-refractivity contribution is 0.485. The smallest absolute Gasteiger partial charge is 0.268 e. The van der Waals surface area contributed by atoms with Gasteiger partial charge in [0.15, 0.2) is 0 Å². The second kappa shape index (κ2) is 4.51. The Morgan fingerprint density at radius 2 is 2.09 bits per heavy atom. The molecule has 0 saturated heterocycles. The summed E-state index contributed by atoms with van der Waals surface area (Å²) in [6.45, 7) is 5.55. The Bertz CT molecular complexity index is 216. The van der Waals surface area contributed by atoms with Crippen molar-refractivity contribution in [2.24, 2.45) is 0 Å². The van der Waals surface area contributed by atoms with Crippen LogP contribution in [0.25, 0.3) is 0 Å². The number of hydrogen-bond acceptors (Lipinski definition) is 2. The molecule has 0 aromatic heterocycles. The summed E-state index contributed by atoms with van der Waals surface area (Å²) < 4.78 is 29.0. The Labute approximate surface area is 67.9 Å². The second-order valence-electron chi connectivity index (χ2n) is 2.58. The summed E-state index contributed by atoms with van der Waals surface area (Å²) in [5, 5.41) is 0. The fourth-order valence-electron chi connectivity index (χ4n) is 0.757. The molecular formula is C7H14O3S. The quantitative estimate of drug-likeness (QED) is 0.514. The van der Waals surface area contributed by atoms with Crippen LogP contribution in [0.4, 0.5) is 0 Å². The van der Waals surface area contributed by atoms with Gasteiger partial charge in [-0.1, -0.05) is 25.5 Å². The molecule has 0 amide bonds. The van der Waals surface area contributed by atoms with Crippen LogP contribution in [0, 0.1) is 0 Å². The normalized spacial score (nSPS) is 11.5. The summed E-state index contributed by atoms with van der Waals surface area (Å²) in [4.78, 5) is 0. The van der Waals surface area contributed by atoms with Gasteiger partial charge in [0.1, 0.15) is 0 Å². The van der Waals surface area contributed by atoms with Crippen LogP contribution in [0.2, 0.25) is 0 Å². The first-order valence-electron chi connectivity index (χ1n) is 3.57. The molecule has 0 spiro atoms. The van der Waals surface area contributed by atoms with E-state index in [0.29, 0.717) is 12.0 Å². The highest BCUT2D eigenvalue weighted by molar-refractivity contribution is 7.85. The first-order chi connectivity index (χ1) is 4.95. The van der Waals surface area contributed by atoms with Gasteiger partial charge in [0.2, 0.25) is 0 Å². The van der Waals surface area contributed by atoms with Crippen LogP contribution in [0.15, 0.2) is 12.2 Å². The van der Waals surface area contributed by atoms with Crippen LogP contribution in [-0.4, -0.2) is 18.7 Å². The Morgan fingerprint density at radius 3 is 2.45 bits per heavy atom. The predicted molar refractivity (Wildman–Crippen MR) is 45.1 cm³/mol. The van der Waals surface area contributed by atoms with Gasteiger partial charge in [-0.05, 0) is 12.8 Å². The van der Waals surface area contributed by atoms with Crippen molar-refractivity contribution < 1.29 is 13.0 Å². The van der Waals surface area contributed by atoms with E-state index in [9.17, 15) is 8.42 Å². The van der Waals surface area contributed by atoms with E-state index in [4.69, 9.17) is 4.55 Å². The molecule has 0 aliphatic carbocycles. The Morgan fingerprint density at radius 1 is 1.55 bits per heavy atom. The van der Waals surface area contributed by atoms with Crippen LogP contribution in [0.5, 0.6) is 0 Å². The molecule has 0 aromatic carbocycles. The van der Waals surface area contributed by atoms with Crippen LogP contribution < -0.4 is 0 Å². The average Bonchev–Trinajstić information content (AvgIpc) is 1.79. The summed E-state index contributed by atoms with van der Waals surface area (Å²) in [7, 11) is -3.85. The molecule has 1 N–H and O–H groups in total. The molecule has 4 heteroatoms. The number of hydrogen-bond donors (Lipinski definition) is 1. The van der Waals surface area contributed by atoms with E-state index in [-0.39, 0.29) is 5.75 Å². The van der Waals surface area contributed by atoms with Crippen molar-refractivity contribution in [3.05, 3.63) is 12.2 Å². The molecule has 0 aliphatic rings. The monoisotopic (exact) mass is 178 g/mol. The molecule has 66 valence electrons. The number of rotatable bonds is 5. The minimum atomic E-state index is -3.85. The highest BCUT2D eigenvalue weighted by Gasteiger charge is 2.06. The molecule has 0 bridgehead atoms. The van der Waals surface area contributed by atoms with E-state index >= 15 is 0 Å². The lowest BCUT2D eigenvalue weighted by Gasteiger charge is -2.00. The molecule has 0 saturated carbocycles. The SMILES string of the molecule is C=C(CCCC)CS(=O)(=O)O. The van der Waals surface area contributed by atoms with E-state index in [0.717, 1.165) is 12.8 Å². The van der Waals surface area contributed by atoms with Gasteiger partial charge >= 0.3 is 0 Å². The summed E-state index contributed by atoms with van der Waals surface area (Å²) >= 11 is 0. The zero-order chi connectivity index (χ0) is 8.91. The fraction of sp³-hybridized carbons (Fsp3) is 0.714. The first kappa shape index (κ1) is 10.7. The molecule has 0 aliphatic heterocycles. The van der Waals surface area contributed by atoms with E-state index in [1.807, 2.05) is 6.92 Å². The Hall–Kier alpha value is -0.350. The van der Waals surface area contributed by atoms with Gasteiger partial charge in [0, 0.05) is 0 Å². The lowest BCUT2D eigenvalue weighted by Crippen LogP contribution is -2.05. The van der Waals surface area contributed by atoms with Crippen LogP contribution in [0.1, 0.15) is 26.2 Å². The maximum atomic E-state index is 10.3. The summed E-state index contributed by atoms with van der Waals surface area (Å²) in [6.07, 6.45) is 2.61. The highest BCUT2D eigenvalue weighted by Crippen LogP contribution is 2.06. The van der Waals surface area contributed by atoms with Crippen molar-refractivity contribution in [1.29, 1.82) is 0 Å². The molecule has 0 aromatic rings. The maximum absolute atomic E-state index is 10.3. The molecule has 11 heavy (non-hydrogen) atoms.